The van der Waals surface area contributed by atoms with Gasteiger partial charge in [-0.3, -0.25) is 0 Å². The minimum atomic E-state index is -0.547. The maximum Gasteiger partial charge on any atom is 0.165 e. The summed E-state index contributed by atoms with van der Waals surface area (Å²) < 4.78 is 24.2. The third-order valence-electron chi connectivity index (χ3n) is 2.32. The van der Waals surface area contributed by atoms with Crippen LogP contribution in [0.2, 0.25) is 0 Å². The highest BCUT2D eigenvalue weighted by molar-refractivity contribution is 5.35. The van der Waals surface area contributed by atoms with Gasteiger partial charge in [-0.25, -0.2) is 9.37 Å². The second kappa shape index (κ2) is 4.35. The highest BCUT2D eigenvalue weighted by Crippen LogP contribution is 2.22. The molecule has 1 atom stereocenters. The van der Waals surface area contributed by atoms with Crippen LogP contribution in [-0.2, 0) is 9.47 Å². The molecule has 1 aromatic heterocycles. The zero-order valence-electron chi connectivity index (χ0n) is 9.37. The lowest BCUT2D eigenvalue weighted by molar-refractivity contribution is -0.136. The van der Waals surface area contributed by atoms with E-state index in [2.05, 4.69) is 10.3 Å². The van der Waals surface area contributed by atoms with Crippen molar-refractivity contribution in [2.75, 3.05) is 18.5 Å². The van der Waals surface area contributed by atoms with Gasteiger partial charge in [-0.15, -0.1) is 0 Å². The van der Waals surface area contributed by atoms with Crippen molar-refractivity contribution in [2.45, 2.75) is 25.7 Å². The van der Waals surface area contributed by atoms with Gasteiger partial charge < -0.3 is 14.8 Å². The molecule has 0 aromatic carbocycles. The van der Waals surface area contributed by atoms with Gasteiger partial charge in [0, 0.05) is 12.7 Å². The van der Waals surface area contributed by atoms with E-state index in [4.69, 9.17) is 9.47 Å². The molecule has 1 aliphatic heterocycles. The predicted octanol–water partition coefficient (Wildman–Crippen LogP) is 1.78. The Hall–Kier alpha value is -1.20. The van der Waals surface area contributed by atoms with Gasteiger partial charge >= 0.3 is 0 Å². The number of rotatable bonds is 3. The molecule has 1 unspecified atom stereocenters. The third-order valence-corrected chi connectivity index (χ3v) is 2.32. The van der Waals surface area contributed by atoms with Crippen LogP contribution in [0.4, 0.5) is 10.2 Å². The lowest BCUT2D eigenvalue weighted by Crippen LogP contribution is -2.26. The highest BCUT2D eigenvalue weighted by Gasteiger charge is 2.32. The Bertz CT molecular complexity index is 371. The molecule has 1 saturated heterocycles. The van der Waals surface area contributed by atoms with Crippen molar-refractivity contribution < 1.29 is 13.9 Å². The summed E-state index contributed by atoms with van der Waals surface area (Å²) in [5.74, 6) is -0.661. The average Bonchev–Trinajstić information content (AvgIpc) is 2.57. The third kappa shape index (κ3) is 2.68. The van der Waals surface area contributed by atoms with Crippen LogP contribution in [0.5, 0.6) is 0 Å². The number of anilines is 1. The maximum absolute atomic E-state index is 13.2. The fourth-order valence-electron chi connectivity index (χ4n) is 1.59. The molecule has 1 fully saturated rings. The molecule has 4 nitrogen and oxygen atoms in total. The second-order valence-electron chi connectivity index (χ2n) is 4.17. The average molecular weight is 226 g/mol. The Morgan fingerprint density at radius 2 is 2.44 bits per heavy atom. The molecule has 0 bridgehead atoms. The largest absolute Gasteiger partial charge is 0.365 e. The summed E-state index contributed by atoms with van der Waals surface area (Å²) >= 11 is 0. The van der Waals surface area contributed by atoms with Crippen LogP contribution in [0, 0.1) is 5.82 Å². The molecule has 2 rings (SSSR count). The normalized spacial score (nSPS) is 23.3. The van der Waals surface area contributed by atoms with Crippen LogP contribution in [0.15, 0.2) is 18.3 Å². The minimum Gasteiger partial charge on any atom is -0.365 e. The molecular weight excluding hydrogens is 211 g/mol. The first-order chi connectivity index (χ1) is 7.57. The summed E-state index contributed by atoms with van der Waals surface area (Å²) in [6, 6.07) is 2.92. The highest BCUT2D eigenvalue weighted by atomic mass is 19.1. The summed E-state index contributed by atoms with van der Waals surface area (Å²) in [5, 5.41) is 2.90. The van der Waals surface area contributed by atoms with Crippen LogP contribution >= 0.6 is 0 Å². The number of halogens is 1. The number of nitrogens with one attached hydrogen (secondary N) is 1. The van der Waals surface area contributed by atoms with Crippen molar-refractivity contribution in [3.8, 4) is 0 Å². The van der Waals surface area contributed by atoms with Crippen LogP contribution < -0.4 is 5.32 Å². The summed E-state index contributed by atoms with van der Waals surface area (Å²) in [7, 11) is 0. The number of nitrogens with zero attached hydrogens (tertiary/aromatic N) is 1. The van der Waals surface area contributed by atoms with Crippen LogP contribution in [-0.4, -0.2) is 30.0 Å². The first kappa shape index (κ1) is 11.3. The molecule has 1 N–H and O–H groups in total. The molecule has 1 aliphatic rings. The van der Waals surface area contributed by atoms with E-state index in [1.165, 1.54) is 6.07 Å². The van der Waals surface area contributed by atoms with E-state index in [1.54, 1.807) is 12.3 Å². The molecule has 88 valence electrons. The zero-order valence-corrected chi connectivity index (χ0v) is 9.37. The van der Waals surface area contributed by atoms with Gasteiger partial charge in [-0.1, -0.05) is 0 Å². The Morgan fingerprint density at radius 3 is 3.06 bits per heavy atom. The fourth-order valence-corrected chi connectivity index (χ4v) is 1.59. The van der Waals surface area contributed by atoms with Crippen LogP contribution in [0.25, 0.3) is 0 Å². The Kier molecular flexibility index (Phi) is 3.07. The first-order valence-electron chi connectivity index (χ1n) is 5.23. The Morgan fingerprint density at radius 1 is 1.62 bits per heavy atom. The van der Waals surface area contributed by atoms with Crippen molar-refractivity contribution in [3.05, 3.63) is 24.1 Å². The fraction of sp³-hybridized carbons (Fsp3) is 0.545. The minimum absolute atomic E-state index is 0.0728. The molecule has 0 radical (unpaired) electrons. The lowest BCUT2D eigenvalue weighted by Gasteiger charge is -2.17. The van der Waals surface area contributed by atoms with Gasteiger partial charge in [-0.05, 0) is 26.0 Å². The molecule has 0 saturated carbocycles. The molecule has 0 spiro atoms. The summed E-state index contributed by atoms with van der Waals surface area (Å²) in [4.78, 5) is 3.89. The molecule has 2 heterocycles. The van der Waals surface area contributed by atoms with E-state index < -0.39 is 5.79 Å². The maximum atomic E-state index is 13.2. The monoisotopic (exact) mass is 226 g/mol. The lowest BCUT2D eigenvalue weighted by atomic mass is 10.3. The molecule has 1 aromatic rings. The van der Waals surface area contributed by atoms with Crippen molar-refractivity contribution in [1.82, 2.24) is 4.98 Å². The zero-order chi connectivity index (χ0) is 11.6. The van der Waals surface area contributed by atoms with Crippen molar-refractivity contribution >= 4 is 5.82 Å². The van der Waals surface area contributed by atoms with E-state index in [0.29, 0.717) is 13.2 Å². The number of aromatic nitrogens is 1. The van der Waals surface area contributed by atoms with Crippen molar-refractivity contribution in [2.24, 2.45) is 0 Å². The van der Waals surface area contributed by atoms with Gasteiger partial charge in [-0.2, -0.15) is 0 Å². The number of hydrogen-bond donors (Lipinski definition) is 1. The van der Waals surface area contributed by atoms with Crippen LogP contribution in [0.1, 0.15) is 13.8 Å². The van der Waals surface area contributed by atoms with Crippen molar-refractivity contribution in [1.29, 1.82) is 0 Å². The first-order valence-corrected chi connectivity index (χ1v) is 5.23. The van der Waals surface area contributed by atoms with Gasteiger partial charge in [0.05, 0.1) is 6.61 Å². The Balaban J connectivity index is 1.87. The van der Waals surface area contributed by atoms with Gasteiger partial charge in [0.1, 0.15) is 6.10 Å². The number of pyridine rings is 1. The second-order valence-corrected chi connectivity index (χ2v) is 4.17. The van der Waals surface area contributed by atoms with Crippen LogP contribution in [0.3, 0.4) is 0 Å². The Labute approximate surface area is 93.8 Å². The number of ether oxygens (including phenoxy) is 2. The van der Waals surface area contributed by atoms with E-state index in [0.717, 1.165) is 0 Å². The molecule has 5 heteroatoms. The van der Waals surface area contributed by atoms with Gasteiger partial charge in [0.15, 0.2) is 17.4 Å². The topological polar surface area (TPSA) is 43.4 Å². The summed E-state index contributed by atoms with van der Waals surface area (Å²) in [6.07, 6.45) is 1.47. The van der Waals surface area contributed by atoms with Crippen molar-refractivity contribution in [3.63, 3.8) is 0 Å². The SMILES string of the molecule is CC1(C)OCC(CNc2ncccc2F)O1. The predicted molar refractivity (Wildman–Crippen MR) is 57.6 cm³/mol. The van der Waals surface area contributed by atoms with E-state index >= 15 is 0 Å². The smallest absolute Gasteiger partial charge is 0.165 e. The molecule has 16 heavy (non-hydrogen) atoms. The van der Waals surface area contributed by atoms with E-state index in [1.807, 2.05) is 13.8 Å². The molecule has 0 amide bonds. The summed E-state index contributed by atoms with van der Waals surface area (Å²) in [5.41, 5.74) is 0. The van der Waals surface area contributed by atoms with Gasteiger partial charge in [0.2, 0.25) is 0 Å². The van der Waals surface area contributed by atoms with E-state index in [-0.39, 0.29) is 17.7 Å². The van der Waals surface area contributed by atoms with Gasteiger partial charge in [0.25, 0.3) is 0 Å². The molecular formula is C11H15FN2O2. The quantitative estimate of drug-likeness (QED) is 0.853. The van der Waals surface area contributed by atoms with E-state index in [9.17, 15) is 4.39 Å². The summed E-state index contributed by atoms with van der Waals surface area (Å²) in [6.45, 7) is 4.70. The number of hydrogen-bond acceptors (Lipinski definition) is 4. The standard InChI is InChI=1S/C11H15FN2O2/c1-11(2)15-7-8(16-11)6-14-10-9(12)4-3-5-13-10/h3-5,8H,6-7H2,1-2H3,(H,13,14). The molecule has 0 aliphatic carbocycles.